The number of hydrogen-bond donors (Lipinski definition) is 1. The maximum Gasteiger partial charge on any atom is 0.256 e. The van der Waals surface area contributed by atoms with Crippen LogP contribution in [0.5, 0.6) is 5.88 Å². The number of hydrogen-bond acceptors (Lipinski definition) is 3. The van der Waals surface area contributed by atoms with Crippen LogP contribution in [0.25, 0.3) is 0 Å². The van der Waals surface area contributed by atoms with E-state index >= 15 is 0 Å². The second kappa shape index (κ2) is 3.28. The summed E-state index contributed by atoms with van der Waals surface area (Å²) in [7, 11) is 1.85. The van der Waals surface area contributed by atoms with Crippen LogP contribution in [-0.2, 0) is 7.05 Å². The van der Waals surface area contributed by atoms with Crippen molar-refractivity contribution in [1.29, 1.82) is 0 Å². The normalized spacial score (nSPS) is 17.9. The minimum absolute atomic E-state index is 0.331. The third-order valence-corrected chi connectivity index (χ3v) is 2.40. The molecule has 0 aliphatic heterocycles. The summed E-state index contributed by atoms with van der Waals surface area (Å²) in [6.07, 6.45) is 6.89. The van der Waals surface area contributed by atoms with Crippen molar-refractivity contribution in [3.8, 4) is 5.88 Å². The van der Waals surface area contributed by atoms with Gasteiger partial charge in [0.2, 0.25) is 0 Å². The molecule has 1 aliphatic carbocycles. The number of nitrogens with zero attached hydrogens (tertiary/aromatic N) is 2. The van der Waals surface area contributed by atoms with Gasteiger partial charge in [-0.05, 0) is 25.7 Å². The number of rotatable bonds is 2. The van der Waals surface area contributed by atoms with Crippen LogP contribution in [0.1, 0.15) is 25.7 Å². The molecule has 4 heteroatoms. The van der Waals surface area contributed by atoms with Crippen molar-refractivity contribution in [2.75, 3.05) is 5.73 Å². The largest absolute Gasteiger partial charge is 0.472 e. The zero-order valence-electron chi connectivity index (χ0n) is 7.86. The molecule has 1 saturated carbocycles. The highest BCUT2D eigenvalue weighted by Gasteiger charge is 2.18. The fourth-order valence-corrected chi connectivity index (χ4v) is 1.74. The van der Waals surface area contributed by atoms with Crippen molar-refractivity contribution in [3.63, 3.8) is 0 Å². The molecule has 2 N–H and O–H groups in total. The van der Waals surface area contributed by atoms with E-state index in [1.54, 1.807) is 10.9 Å². The van der Waals surface area contributed by atoms with Crippen LogP contribution < -0.4 is 10.5 Å². The van der Waals surface area contributed by atoms with Gasteiger partial charge in [0, 0.05) is 7.05 Å². The minimum atomic E-state index is 0.331. The number of aryl methyl sites for hydroxylation is 1. The Kier molecular flexibility index (Phi) is 2.12. The highest BCUT2D eigenvalue weighted by atomic mass is 16.5. The zero-order chi connectivity index (χ0) is 9.26. The van der Waals surface area contributed by atoms with Crippen LogP contribution in [0.2, 0.25) is 0 Å². The van der Waals surface area contributed by atoms with E-state index in [2.05, 4.69) is 5.10 Å². The van der Waals surface area contributed by atoms with Crippen molar-refractivity contribution in [3.05, 3.63) is 6.20 Å². The van der Waals surface area contributed by atoms with Gasteiger partial charge in [-0.3, -0.25) is 4.68 Å². The predicted molar refractivity (Wildman–Crippen MR) is 50.5 cm³/mol. The van der Waals surface area contributed by atoms with E-state index in [-0.39, 0.29) is 0 Å². The summed E-state index contributed by atoms with van der Waals surface area (Å²) in [5.41, 5.74) is 6.34. The fourth-order valence-electron chi connectivity index (χ4n) is 1.74. The lowest BCUT2D eigenvalue weighted by Gasteiger charge is -2.10. The molecule has 4 nitrogen and oxygen atoms in total. The second-order valence-electron chi connectivity index (χ2n) is 3.59. The van der Waals surface area contributed by atoms with Gasteiger partial charge in [0.15, 0.2) is 0 Å². The molecule has 1 aromatic heterocycles. The molecule has 1 heterocycles. The smallest absolute Gasteiger partial charge is 0.256 e. The van der Waals surface area contributed by atoms with Gasteiger partial charge >= 0.3 is 0 Å². The quantitative estimate of drug-likeness (QED) is 0.748. The van der Waals surface area contributed by atoms with Crippen LogP contribution >= 0.6 is 0 Å². The highest BCUT2D eigenvalue weighted by molar-refractivity contribution is 5.45. The molecule has 1 aliphatic rings. The highest BCUT2D eigenvalue weighted by Crippen LogP contribution is 2.26. The zero-order valence-corrected chi connectivity index (χ0v) is 7.86. The molecule has 0 aromatic carbocycles. The average Bonchev–Trinajstić information content (AvgIpc) is 2.63. The van der Waals surface area contributed by atoms with Crippen LogP contribution in [0.4, 0.5) is 5.69 Å². The summed E-state index contributed by atoms with van der Waals surface area (Å²) < 4.78 is 7.35. The Morgan fingerprint density at radius 3 is 2.77 bits per heavy atom. The van der Waals surface area contributed by atoms with Gasteiger partial charge in [0.1, 0.15) is 11.8 Å². The molecule has 2 rings (SSSR count). The number of nitrogen functional groups attached to an aromatic ring is 1. The van der Waals surface area contributed by atoms with Gasteiger partial charge in [-0.25, -0.2) is 0 Å². The molecule has 0 amide bonds. The van der Waals surface area contributed by atoms with Crippen molar-refractivity contribution < 1.29 is 4.74 Å². The molecule has 1 fully saturated rings. The summed E-state index contributed by atoms with van der Waals surface area (Å²) in [5, 5.41) is 4.14. The van der Waals surface area contributed by atoms with Gasteiger partial charge < -0.3 is 10.5 Å². The molecule has 1 aromatic rings. The molecule has 0 bridgehead atoms. The van der Waals surface area contributed by atoms with E-state index in [0.717, 1.165) is 12.8 Å². The first kappa shape index (κ1) is 8.41. The Labute approximate surface area is 77.7 Å². The molecule has 72 valence electrons. The van der Waals surface area contributed by atoms with E-state index in [1.165, 1.54) is 12.8 Å². The summed E-state index contributed by atoms with van der Waals surface area (Å²) in [6.45, 7) is 0. The maximum atomic E-state index is 5.71. The number of ether oxygens (including phenoxy) is 1. The molecule has 0 atom stereocenters. The van der Waals surface area contributed by atoms with Crippen molar-refractivity contribution in [2.45, 2.75) is 31.8 Å². The Hall–Kier alpha value is -1.19. The Morgan fingerprint density at radius 1 is 1.54 bits per heavy atom. The maximum absolute atomic E-state index is 5.71. The predicted octanol–water partition coefficient (Wildman–Crippen LogP) is 1.32. The molecular weight excluding hydrogens is 166 g/mol. The van der Waals surface area contributed by atoms with E-state index in [9.17, 15) is 0 Å². The van der Waals surface area contributed by atoms with Gasteiger partial charge in [-0.1, -0.05) is 0 Å². The van der Waals surface area contributed by atoms with E-state index in [0.29, 0.717) is 17.7 Å². The molecule has 0 unspecified atom stereocenters. The van der Waals surface area contributed by atoms with E-state index < -0.39 is 0 Å². The topological polar surface area (TPSA) is 53.1 Å². The van der Waals surface area contributed by atoms with Crippen LogP contribution in [0.15, 0.2) is 6.20 Å². The monoisotopic (exact) mass is 181 g/mol. The van der Waals surface area contributed by atoms with Crippen molar-refractivity contribution >= 4 is 5.69 Å². The Morgan fingerprint density at radius 2 is 2.23 bits per heavy atom. The molecular formula is C9H15N3O. The van der Waals surface area contributed by atoms with Gasteiger partial charge in [0.25, 0.3) is 5.88 Å². The van der Waals surface area contributed by atoms with Gasteiger partial charge in [-0.15, -0.1) is 5.10 Å². The lowest BCUT2D eigenvalue weighted by atomic mass is 10.3. The minimum Gasteiger partial charge on any atom is -0.472 e. The van der Waals surface area contributed by atoms with Crippen molar-refractivity contribution in [2.24, 2.45) is 7.05 Å². The summed E-state index contributed by atoms with van der Waals surface area (Å²) in [4.78, 5) is 0. The lowest BCUT2D eigenvalue weighted by Crippen LogP contribution is -2.12. The second-order valence-corrected chi connectivity index (χ2v) is 3.59. The van der Waals surface area contributed by atoms with Gasteiger partial charge in [0.05, 0.1) is 6.20 Å². The summed E-state index contributed by atoms with van der Waals surface area (Å²) >= 11 is 0. The summed E-state index contributed by atoms with van der Waals surface area (Å²) in [6, 6.07) is 0. The van der Waals surface area contributed by atoms with Crippen LogP contribution in [0.3, 0.4) is 0 Å². The average molecular weight is 181 g/mol. The molecule has 0 saturated heterocycles. The number of anilines is 1. The SMILES string of the molecule is Cn1cc(N)c(OC2CCCC2)n1. The van der Waals surface area contributed by atoms with Crippen LogP contribution in [-0.4, -0.2) is 15.9 Å². The Balaban J connectivity index is 2.03. The van der Waals surface area contributed by atoms with E-state index in [1.807, 2.05) is 7.05 Å². The number of aromatic nitrogens is 2. The molecule has 13 heavy (non-hydrogen) atoms. The number of nitrogens with two attached hydrogens (primary N) is 1. The van der Waals surface area contributed by atoms with E-state index in [4.69, 9.17) is 10.5 Å². The standard InChI is InChI=1S/C9H15N3O/c1-12-6-8(10)9(11-12)13-7-4-2-3-5-7/h6-7H,2-5,10H2,1H3. The third kappa shape index (κ3) is 1.76. The Bertz CT molecular complexity index is 289. The van der Waals surface area contributed by atoms with Crippen LogP contribution in [0, 0.1) is 0 Å². The summed E-state index contributed by atoms with van der Waals surface area (Å²) in [5.74, 6) is 0.592. The lowest BCUT2D eigenvalue weighted by molar-refractivity contribution is 0.201. The first-order valence-corrected chi connectivity index (χ1v) is 4.71. The van der Waals surface area contributed by atoms with Crippen molar-refractivity contribution in [1.82, 2.24) is 9.78 Å². The molecule has 0 radical (unpaired) electrons. The fraction of sp³-hybridized carbons (Fsp3) is 0.667. The molecule has 0 spiro atoms. The first-order valence-electron chi connectivity index (χ1n) is 4.71. The third-order valence-electron chi connectivity index (χ3n) is 2.40. The van der Waals surface area contributed by atoms with Gasteiger partial charge in [-0.2, -0.15) is 0 Å². The first-order chi connectivity index (χ1) is 6.25.